The van der Waals surface area contributed by atoms with Gasteiger partial charge in [-0.05, 0) is 17.7 Å². The molecular formula is C22H19N5O. The molecule has 4 rings (SSSR count). The molecule has 2 aromatic carbocycles. The maximum atomic E-state index is 12.6. The zero-order chi connectivity index (χ0) is 19.3. The van der Waals surface area contributed by atoms with Crippen LogP contribution in [-0.4, -0.2) is 32.8 Å². The van der Waals surface area contributed by atoms with Gasteiger partial charge in [0.2, 0.25) is 0 Å². The summed E-state index contributed by atoms with van der Waals surface area (Å²) < 4.78 is 0. The van der Waals surface area contributed by atoms with Crippen LogP contribution in [0.1, 0.15) is 16.1 Å². The van der Waals surface area contributed by atoms with Gasteiger partial charge < -0.3 is 10.2 Å². The molecule has 2 heterocycles. The first-order valence-corrected chi connectivity index (χ1v) is 8.93. The molecule has 4 aromatic rings. The maximum absolute atomic E-state index is 12.6. The molecule has 2 aromatic heterocycles. The number of benzene rings is 2. The predicted octanol–water partition coefficient (Wildman–Crippen LogP) is 4.04. The Morgan fingerprint density at radius 1 is 0.929 bits per heavy atom. The molecule has 28 heavy (non-hydrogen) atoms. The zero-order valence-corrected chi connectivity index (χ0v) is 15.4. The van der Waals surface area contributed by atoms with Crippen LogP contribution in [0.2, 0.25) is 0 Å². The number of pyridine rings is 1. The number of hydrogen-bond donors (Lipinski definition) is 1. The highest BCUT2D eigenvalue weighted by atomic mass is 16.2. The van der Waals surface area contributed by atoms with Crippen molar-refractivity contribution in [3.8, 4) is 0 Å². The second-order valence-electron chi connectivity index (χ2n) is 6.44. The largest absolute Gasteiger partial charge is 0.337 e. The topological polar surface area (TPSA) is 71.0 Å². The highest BCUT2D eigenvalue weighted by Gasteiger charge is 2.14. The number of para-hydroxylation sites is 1. The van der Waals surface area contributed by atoms with Crippen molar-refractivity contribution in [1.82, 2.24) is 19.9 Å². The average Bonchev–Trinajstić information content (AvgIpc) is 2.75. The Morgan fingerprint density at radius 2 is 1.75 bits per heavy atom. The third-order valence-electron chi connectivity index (χ3n) is 4.38. The minimum absolute atomic E-state index is 0.172. The van der Waals surface area contributed by atoms with Gasteiger partial charge in [-0.25, -0.2) is 9.97 Å². The SMILES string of the molecule is CN(Cc1ccccc1)C(=O)c1cnc(Nc2cccc3cccnc23)cn1. The van der Waals surface area contributed by atoms with Crippen molar-refractivity contribution in [2.24, 2.45) is 0 Å². The van der Waals surface area contributed by atoms with Crippen LogP contribution in [-0.2, 0) is 6.54 Å². The number of carbonyl (C=O) groups excluding carboxylic acids is 1. The van der Waals surface area contributed by atoms with Crippen LogP contribution < -0.4 is 5.32 Å². The number of carbonyl (C=O) groups is 1. The fraction of sp³-hybridized carbons (Fsp3) is 0.0909. The molecule has 0 saturated carbocycles. The lowest BCUT2D eigenvalue weighted by Gasteiger charge is -2.16. The summed E-state index contributed by atoms with van der Waals surface area (Å²) in [6, 6.07) is 19.6. The van der Waals surface area contributed by atoms with E-state index in [9.17, 15) is 4.79 Å². The third kappa shape index (κ3) is 3.81. The number of rotatable bonds is 5. The normalized spacial score (nSPS) is 10.6. The van der Waals surface area contributed by atoms with E-state index in [-0.39, 0.29) is 5.91 Å². The maximum Gasteiger partial charge on any atom is 0.274 e. The number of anilines is 2. The van der Waals surface area contributed by atoms with Crippen LogP contribution in [0.4, 0.5) is 11.5 Å². The second-order valence-corrected chi connectivity index (χ2v) is 6.44. The molecule has 0 spiro atoms. The number of amides is 1. The van der Waals surface area contributed by atoms with Crippen molar-refractivity contribution in [1.29, 1.82) is 0 Å². The average molecular weight is 369 g/mol. The summed E-state index contributed by atoms with van der Waals surface area (Å²) in [5.41, 5.74) is 3.07. The summed E-state index contributed by atoms with van der Waals surface area (Å²) in [5.74, 6) is 0.384. The number of fused-ring (bicyclic) bond motifs is 1. The minimum atomic E-state index is -0.172. The van der Waals surface area contributed by atoms with E-state index >= 15 is 0 Å². The summed E-state index contributed by atoms with van der Waals surface area (Å²) in [7, 11) is 1.75. The highest BCUT2D eigenvalue weighted by Crippen LogP contribution is 2.23. The Morgan fingerprint density at radius 3 is 2.54 bits per heavy atom. The van der Waals surface area contributed by atoms with E-state index < -0.39 is 0 Å². The van der Waals surface area contributed by atoms with E-state index in [1.807, 2.05) is 60.7 Å². The molecule has 0 bridgehead atoms. The molecule has 6 nitrogen and oxygen atoms in total. The minimum Gasteiger partial charge on any atom is -0.337 e. The fourth-order valence-corrected chi connectivity index (χ4v) is 2.97. The molecule has 6 heteroatoms. The molecule has 138 valence electrons. The smallest absolute Gasteiger partial charge is 0.274 e. The molecule has 1 amide bonds. The number of nitrogens with one attached hydrogen (secondary N) is 1. The van der Waals surface area contributed by atoms with Crippen LogP contribution in [0.25, 0.3) is 10.9 Å². The molecule has 0 radical (unpaired) electrons. The second kappa shape index (κ2) is 7.84. The summed E-state index contributed by atoms with van der Waals surface area (Å²) in [4.78, 5) is 27.3. The van der Waals surface area contributed by atoms with Crippen LogP contribution in [0.5, 0.6) is 0 Å². The van der Waals surface area contributed by atoms with E-state index in [0.29, 0.717) is 18.1 Å². The van der Waals surface area contributed by atoms with Gasteiger partial charge in [0, 0.05) is 25.2 Å². The van der Waals surface area contributed by atoms with Crippen molar-refractivity contribution in [2.75, 3.05) is 12.4 Å². The van der Waals surface area contributed by atoms with E-state index in [1.54, 1.807) is 24.3 Å². The van der Waals surface area contributed by atoms with Crippen molar-refractivity contribution < 1.29 is 4.79 Å². The Labute approximate surface area is 162 Å². The summed E-state index contributed by atoms with van der Waals surface area (Å²) in [5, 5.41) is 4.26. The number of nitrogens with zero attached hydrogens (tertiary/aromatic N) is 4. The van der Waals surface area contributed by atoms with Crippen molar-refractivity contribution in [2.45, 2.75) is 6.54 Å². The van der Waals surface area contributed by atoms with E-state index in [1.165, 1.54) is 6.20 Å². The molecule has 1 N–H and O–H groups in total. The van der Waals surface area contributed by atoms with Crippen LogP contribution in [0.15, 0.2) is 79.3 Å². The first-order chi connectivity index (χ1) is 13.7. The Hall–Kier alpha value is -3.80. The van der Waals surface area contributed by atoms with Gasteiger partial charge in [-0.3, -0.25) is 9.78 Å². The van der Waals surface area contributed by atoms with Gasteiger partial charge in [-0.15, -0.1) is 0 Å². The third-order valence-corrected chi connectivity index (χ3v) is 4.38. The van der Waals surface area contributed by atoms with Gasteiger partial charge in [0.1, 0.15) is 11.5 Å². The molecular weight excluding hydrogens is 350 g/mol. The molecule has 0 saturated heterocycles. The van der Waals surface area contributed by atoms with Crippen LogP contribution in [0.3, 0.4) is 0 Å². The lowest BCUT2D eigenvalue weighted by Crippen LogP contribution is -2.27. The van der Waals surface area contributed by atoms with Gasteiger partial charge in [0.05, 0.1) is 23.6 Å². The van der Waals surface area contributed by atoms with Gasteiger partial charge in [0.15, 0.2) is 0 Å². The molecule has 0 aliphatic rings. The van der Waals surface area contributed by atoms with E-state index in [0.717, 1.165) is 22.2 Å². The first kappa shape index (κ1) is 17.6. The van der Waals surface area contributed by atoms with Crippen LogP contribution >= 0.6 is 0 Å². The summed E-state index contributed by atoms with van der Waals surface area (Å²) >= 11 is 0. The van der Waals surface area contributed by atoms with Crippen molar-refractivity contribution in [3.05, 3.63) is 90.5 Å². The summed E-state index contributed by atoms with van der Waals surface area (Å²) in [6.45, 7) is 0.517. The molecule has 0 fully saturated rings. The zero-order valence-electron chi connectivity index (χ0n) is 15.4. The van der Waals surface area contributed by atoms with Crippen molar-refractivity contribution >= 4 is 28.3 Å². The molecule has 0 aliphatic carbocycles. The highest BCUT2D eigenvalue weighted by molar-refractivity contribution is 5.93. The van der Waals surface area contributed by atoms with E-state index in [2.05, 4.69) is 20.3 Å². The van der Waals surface area contributed by atoms with Gasteiger partial charge in [0.25, 0.3) is 5.91 Å². The van der Waals surface area contributed by atoms with Gasteiger partial charge in [-0.1, -0.05) is 48.5 Å². The van der Waals surface area contributed by atoms with E-state index in [4.69, 9.17) is 0 Å². The Bertz CT molecular complexity index is 1090. The fourth-order valence-electron chi connectivity index (χ4n) is 2.97. The Kier molecular flexibility index (Phi) is 4.93. The monoisotopic (exact) mass is 369 g/mol. The number of hydrogen-bond acceptors (Lipinski definition) is 5. The van der Waals surface area contributed by atoms with Crippen molar-refractivity contribution in [3.63, 3.8) is 0 Å². The van der Waals surface area contributed by atoms with Gasteiger partial charge >= 0.3 is 0 Å². The lowest BCUT2D eigenvalue weighted by atomic mass is 10.2. The lowest BCUT2D eigenvalue weighted by molar-refractivity contribution is 0.0779. The van der Waals surface area contributed by atoms with Gasteiger partial charge in [-0.2, -0.15) is 0 Å². The standard InChI is InChI=1S/C22H19N5O/c1-27(15-16-7-3-2-4-8-16)22(28)19-13-25-20(14-24-19)26-18-11-5-9-17-10-6-12-23-21(17)18/h2-14H,15H2,1H3,(H,25,26). The number of aromatic nitrogens is 3. The first-order valence-electron chi connectivity index (χ1n) is 8.93. The molecule has 0 aliphatic heterocycles. The summed E-state index contributed by atoms with van der Waals surface area (Å²) in [6.07, 6.45) is 4.81. The quantitative estimate of drug-likeness (QED) is 0.575. The molecule has 0 unspecified atom stereocenters. The van der Waals surface area contributed by atoms with Crippen LogP contribution in [0, 0.1) is 0 Å². The Balaban J connectivity index is 1.48. The predicted molar refractivity (Wildman–Crippen MR) is 109 cm³/mol. The molecule has 0 atom stereocenters.